The van der Waals surface area contributed by atoms with Crippen molar-refractivity contribution in [3.05, 3.63) is 75.4 Å². The minimum absolute atomic E-state index is 0.00926. The third-order valence-electron chi connectivity index (χ3n) is 11.0. The van der Waals surface area contributed by atoms with Crippen molar-refractivity contribution in [2.45, 2.75) is 157 Å². The molecular weight excluding hydrogens is 1140 g/mol. The Morgan fingerprint density at radius 2 is 0.720 bits per heavy atom. The van der Waals surface area contributed by atoms with Gasteiger partial charge in [-0.3, -0.25) is 0 Å². The summed E-state index contributed by atoms with van der Waals surface area (Å²) in [6, 6.07) is 5.75. The maximum Gasteiger partial charge on any atom is 0.485 e. The minimum Gasteiger partial charge on any atom is -0.741 e. The number of halogens is 29. The Kier molecular flexibility index (Phi) is 18.1. The van der Waals surface area contributed by atoms with Crippen LogP contribution in [0.2, 0.25) is 0 Å². The van der Waals surface area contributed by atoms with Crippen LogP contribution in [-0.2, 0) is 23.0 Å². The Morgan fingerprint density at radius 1 is 0.440 bits per heavy atom. The number of nitrogens with zero attached hydrogens (tertiary/aromatic N) is 2. The van der Waals surface area contributed by atoms with Crippen LogP contribution in [0.1, 0.15) is 70.5 Å². The molecule has 0 spiro atoms. The Hall–Kier alpha value is -4.47. The topological polar surface area (TPSA) is 66.0 Å². The van der Waals surface area contributed by atoms with Crippen molar-refractivity contribution >= 4 is 10.1 Å². The van der Waals surface area contributed by atoms with Crippen molar-refractivity contribution in [3.8, 4) is 11.4 Å². The first-order valence-corrected chi connectivity index (χ1v) is 21.5. The molecule has 1 heterocycles. The first-order chi connectivity index (χ1) is 32.8. The lowest BCUT2D eigenvalue weighted by Crippen LogP contribution is -2.70. The minimum atomic E-state index is -8.24. The fourth-order valence-corrected chi connectivity index (χ4v) is 7.43. The first-order valence-electron chi connectivity index (χ1n) is 20.1. The highest BCUT2D eigenvalue weighted by Gasteiger charge is 2.92. The second-order valence-electron chi connectivity index (χ2n) is 16.9. The largest absolute Gasteiger partial charge is 0.741 e. The molecule has 0 aliphatic heterocycles. The van der Waals surface area contributed by atoms with E-state index in [0.717, 1.165) is 15.5 Å². The predicted molar refractivity (Wildman–Crippen MR) is 199 cm³/mol. The lowest BCUT2D eigenvalue weighted by Gasteiger charge is -2.39. The zero-order valence-corrected chi connectivity index (χ0v) is 38.9. The number of rotatable bonds is 18. The maximum atomic E-state index is 15.0. The molecular formula is C40H35F29N2O3S. The summed E-state index contributed by atoms with van der Waals surface area (Å²) in [5, 5.41) is 0. The van der Waals surface area contributed by atoms with E-state index in [-0.39, 0.29) is 33.6 Å². The summed E-state index contributed by atoms with van der Waals surface area (Å²) in [5.41, 5.74) is -4.99. The molecule has 2 aromatic carbocycles. The maximum absolute atomic E-state index is 15.0. The fraction of sp³-hybridized carbons (Fsp3) is 0.625. The molecule has 1 aromatic heterocycles. The van der Waals surface area contributed by atoms with Gasteiger partial charge < -0.3 is 4.55 Å². The summed E-state index contributed by atoms with van der Waals surface area (Å²) in [7, 11) is -6.09. The molecule has 3 rings (SSSR count). The van der Waals surface area contributed by atoms with Crippen LogP contribution in [0.4, 0.5) is 127 Å². The smallest absolute Gasteiger partial charge is 0.485 e. The van der Waals surface area contributed by atoms with Crippen LogP contribution in [-0.4, -0.2) is 94.6 Å². The highest BCUT2D eigenvalue weighted by Crippen LogP contribution is 2.62. The van der Waals surface area contributed by atoms with Crippen molar-refractivity contribution < 1.29 is 145 Å². The molecule has 0 saturated carbocycles. The van der Waals surface area contributed by atoms with Crippen LogP contribution >= 0.6 is 0 Å². The second-order valence-corrected chi connectivity index (χ2v) is 18.2. The van der Waals surface area contributed by atoms with Crippen molar-refractivity contribution in [2.24, 2.45) is 0 Å². The monoisotopic (exact) mass is 1170 g/mol. The molecule has 0 aliphatic rings. The zero-order chi connectivity index (χ0) is 59.7. The van der Waals surface area contributed by atoms with Crippen LogP contribution in [0.25, 0.3) is 11.4 Å². The van der Waals surface area contributed by atoms with Gasteiger partial charge in [0.1, 0.15) is 11.4 Å². The van der Waals surface area contributed by atoms with Crippen LogP contribution in [0.5, 0.6) is 0 Å². The number of imidazole rings is 1. The Morgan fingerprint density at radius 3 is 1.01 bits per heavy atom. The van der Waals surface area contributed by atoms with Gasteiger partial charge in [0.15, 0.2) is 21.5 Å². The number of aryl methyl sites for hydroxylation is 6. The van der Waals surface area contributed by atoms with E-state index >= 15 is 17.6 Å². The van der Waals surface area contributed by atoms with E-state index in [1.807, 2.05) is 0 Å². The molecule has 0 unspecified atom stereocenters. The zero-order valence-electron chi connectivity index (χ0n) is 38.1. The van der Waals surface area contributed by atoms with Gasteiger partial charge in [-0.15, -0.1) is 0 Å². The molecule has 5 nitrogen and oxygen atoms in total. The van der Waals surface area contributed by atoms with Crippen molar-refractivity contribution in [1.29, 1.82) is 0 Å². The molecule has 0 aliphatic carbocycles. The van der Waals surface area contributed by atoms with E-state index in [9.17, 15) is 110 Å². The number of aromatic nitrogens is 2. The number of alkyl halides is 29. The summed E-state index contributed by atoms with van der Waals surface area (Å²) >= 11 is 0. The van der Waals surface area contributed by atoms with Gasteiger partial charge in [-0.1, -0.05) is 35.4 Å². The van der Waals surface area contributed by atoms with Gasteiger partial charge in [0, 0.05) is 25.7 Å². The molecule has 0 N–H and O–H groups in total. The molecule has 75 heavy (non-hydrogen) atoms. The Labute approximate surface area is 403 Å². The fourth-order valence-electron chi connectivity index (χ4n) is 7.43. The Balaban J connectivity index is 0.00000221. The summed E-state index contributed by atoms with van der Waals surface area (Å²) < 4.78 is 422. The van der Waals surface area contributed by atoms with Gasteiger partial charge in [-0.05, 0) is 76.6 Å². The van der Waals surface area contributed by atoms with E-state index in [2.05, 4.69) is 0 Å². The lowest BCUT2D eigenvalue weighted by atomic mass is 9.91. The molecule has 0 saturated heterocycles. The average Bonchev–Trinajstić information content (AvgIpc) is 3.51. The molecule has 35 heteroatoms. The molecule has 0 bridgehead atoms. The van der Waals surface area contributed by atoms with E-state index in [1.165, 1.54) is 65.8 Å². The lowest BCUT2D eigenvalue weighted by molar-refractivity contribution is -0.604. The summed E-state index contributed by atoms with van der Waals surface area (Å²) in [6.07, 6.45) is -25.9. The third kappa shape index (κ3) is 11.7. The van der Waals surface area contributed by atoms with E-state index in [4.69, 9.17) is 13.0 Å². The second kappa shape index (κ2) is 20.4. The molecule has 0 fully saturated rings. The van der Waals surface area contributed by atoms with Crippen LogP contribution in [0.15, 0.2) is 30.6 Å². The summed E-state index contributed by atoms with van der Waals surface area (Å²) in [5.74, 6) is -77.5. The van der Waals surface area contributed by atoms with Gasteiger partial charge in [-0.2, -0.15) is 136 Å². The van der Waals surface area contributed by atoms with Crippen LogP contribution in [0.3, 0.4) is 0 Å². The summed E-state index contributed by atoms with van der Waals surface area (Å²) in [6.45, 7) is 8.58. The normalized spacial score (nSPS) is 14.8. The SMILES string of the molecule is Cc1cc(C)c(-n2c[n+](-c3c(C)cc(C)cc3C)c(CCCC(F)(F)C(F)(F)C(F)(F)C(F)(F)C(F)(F)C(F)(F)F)c2CCCC(F)(F)C(F)(F)C(F)(F)C(F)(F)C(F)(F)C(F)(F)F)c(C)c1.O=S(=O)([O-])C(F)(F)F. The first kappa shape index (κ1) is 66.6. The van der Waals surface area contributed by atoms with Gasteiger partial charge in [0.05, 0.1) is 0 Å². The highest BCUT2D eigenvalue weighted by molar-refractivity contribution is 7.86. The van der Waals surface area contributed by atoms with E-state index in [1.54, 1.807) is 0 Å². The standard InChI is InChI=1S/C39H35F26N2.CHF3O3S/c1-18-13-20(3)26(21(4)14-18)66-17-67(27-22(5)15-19(2)16-23(27)6)25(10-8-12-29(42,43)31(46,47)33(50,51)35(54,55)37(58,59)39(63,64)65)24(66)9-7-11-28(40,41)30(44,45)32(48,49)34(52,53)36(56,57)38(60,61)62;2-1(3,4)8(5,6)7/h13-17H,7-12H2,1-6H3;(H,5,6,7)/q+1;/p-1. The molecule has 0 atom stereocenters. The van der Waals surface area contributed by atoms with Gasteiger partial charge in [-0.25, -0.2) is 8.42 Å². The molecule has 0 amide bonds. The number of benzene rings is 2. The van der Waals surface area contributed by atoms with E-state index < -0.39 is 137 Å². The van der Waals surface area contributed by atoms with Gasteiger partial charge in [0.2, 0.25) is 0 Å². The van der Waals surface area contributed by atoms with Crippen molar-refractivity contribution in [2.75, 3.05) is 0 Å². The van der Waals surface area contributed by atoms with Crippen LogP contribution in [0, 0.1) is 41.5 Å². The molecule has 3 aromatic rings. The number of hydrogen-bond acceptors (Lipinski definition) is 3. The third-order valence-corrected chi connectivity index (χ3v) is 11.6. The van der Waals surface area contributed by atoms with Crippen LogP contribution < -0.4 is 4.57 Å². The van der Waals surface area contributed by atoms with E-state index in [0.29, 0.717) is 11.1 Å². The van der Waals surface area contributed by atoms with Crippen molar-refractivity contribution in [3.63, 3.8) is 0 Å². The molecule has 432 valence electrons. The summed E-state index contributed by atoms with van der Waals surface area (Å²) in [4.78, 5) is 0. The highest BCUT2D eigenvalue weighted by atomic mass is 32.2. The quantitative estimate of drug-likeness (QED) is 0.0552. The van der Waals surface area contributed by atoms with Gasteiger partial charge in [0.25, 0.3) is 6.33 Å². The average molecular weight is 1170 g/mol. The molecule has 0 radical (unpaired) electrons. The number of hydrogen-bond donors (Lipinski definition) is 0. The Bertz CT molecular complexity index is 2440. The van der Waals surface area contributed by atoms with Gasteiger partial charge >= 0.3 is 77.1 Å². The predicted octanol–water partition coefficient (Wildman–Crippen LogP) is 14.8. The van der Waals surface area contributed by atoms with Crippen molar-refractivity contribution in [1.82, 2.24) is 4.57 Å².